The number of hydrogen-bond donors (Lipinski definition) is 1. The normalized spacial score (nSPS) is 11.7. The summed E-state index contributed by atoms with van der Waals surface area (Å²) in [7, 11) is -1.93. The van der Waals surface area contributed by atoms with Crippen molar-refractivity contribution in [2.24, 2.45) is 10.2 Å². The molecule has 2 aromatic carbocycles. The standard InChI is InChI=1S/C15H17N3O5S/c1-9-6-11(16)14(23-3)8-12(9)18-17-10-4-5-13(22-2)15(7-10)24(19,20)21/h4-8H,16H2,1-3H3,(H,19,20,21)/p-1. The van der Waals surface area contributed by atoms with Crippen LogP contribution in [0, 0.1) is 6.92 Å². The van der Waals surface area contributed by atoms with Crippen LogP contribution in [0.1, 0.15) is 5.56 Å². The fraction of sp³-hybridized carbons (Fsp3) is 0.200. The summed E-state index contributed by atoms with van der Waals surface area (Å²) in [5.41, 5.74) is 7.73. The van der Waals surface area contributed by atoms with Crippen molar-refractivity contribution in [1.29, 1.82) is 0 Å². The predicted molar refractivity (Wildman–Crippen MR) is 87.3 cm³/mol. The van der Waals surface area contributed by atoms with Crippen molar-refractivity contribution < 1.29 is 22.4 Å². The highest BCUT2D eigenvalue weighted by Gasteiger charge is 2.11. The minimum absolute atomic E-state index is 0.0470. The van der Waals surface area contributed by atoms with Crippen LogP contribution in [0.5, 0.6) is 11.5 Å². The highest BCUT2D eigenvalue weighted by atomic mass is 32.2. The number of hydrogen-bond acceptors (Lipinski definition) is 8. The number of nitrogens with two attached hydrogens (primary N) is 1. The molecule has 0 unspecified atom stereocenters. The van der Waals surface area contributed by atoms with E-state index in [9.17, 15) is 13.0 Å². The molecule has 0 aliphatic carbocycles. The van der Waals surface area contributed by atoms with Crippen LogP contribution in [0.3, 0.4) is 0 Å². The SMILES string of the molecule is COc1cc(N=Nc2ccc(OC)c(S(=O)(=O)[O-])c2)c(C)cc1N. The van der Waals surface area contributed by atoms with Gasteiger partial charge in [-0.25, -0.2) is 8.42 Å². The maximum Gasteiger partial charge on any atom is 0.143 e. The van der Waals surface area contributed by atoms with E-state index < -0.39 is 15.0 Å². The van der Waals surface area contributed by atoms with E-state index in [-0.39, 0.29) is 11.4 Å². The van der Waals surface area contributed by atoms with Gasteiger partial charge in [-0.1, -0.05) is 0 Å². The van der Waals surface area contributed by atoms with Crippen LogP contribution in [-0.2, 0) is 10.1 Å². The van der Waals surface area contributed by atoms with Crippen LogP contribution < -0.4 is 15.2 Å². The summed E-state index contributed by atoms with van der Waals surface area (Å²) >= 11 is 0. The van der Waals surface area contributed by atoms with Crippen molar-refractivity contribution in [3.63, 3.8) is 0 Å². The van der Waals surface area contributed by atoms with Crippen molar-refractivity contribution in [2.45, 2.75) is 11.8 Å². The number of azo groups is 1. The fourth-order valence-electron chi connectivity index (χ4n) is 2.02. The molecule has 9 heteroatoms. The van der Waals surface area contributed by atoms with E-state index in [1.165, 1.54) is 26.4 Å². The molecule has 0 aliphatic heterocycles. The van der Waals surface area contributed by atoms with Gasteiger partial charge in [0, 0.05) is 6.07 Å². The molecule has 0 atom stereocenters. The second kappa shape index (κ2) is 6.85. The van der Waals surface area contributed by atoms with Gasteiger partial charge in [0.05, 0.1) is 36.2 Å². The lowest BCUT2D eigenvalue weighted by Crippen LogP contribution is -2.01. The van der Waals surface area contributed by atoms with Crippen molar-refractivity contribution in [3.05, 3.63) is 35.9 Å². The highest BCUT2D eigenvalue weighted by Crippen LogP contribution is 2.33. The van der Waals surface area contributed by atoms with Gasteiger partial charge in [-0.3, -0.25) is 0 Å². The van der Waals surface area contributed by atoms with Crippen molar-refractivity contribution in [1.82, 2.24) is 0 Å². The maximum atomic E-state index is 11.3. The van der Waals surface area contributed by atoms with Crippen molar-refractivity contribution in [3.8, 4) is 11.5 Å². The second-order valence-electron chi connectivity index (χ2n) is 4.87. The van der Waals surface area contributed by atoms with Crippen LogP contribution in [0.25, 0.3) is 0 Å². The second-order valence-corrected chi connectivity index (χ2v) is 6.22. The van der Waals surface area contributed by atoms with Crippen molar-refractivity contribution in [2.75, 3.05) is 20.0 Å². The number of aryl methyl sites for hydroxylation is 1. The summed E-state index contributed by atoms with van der Waals surface area (Å²) in [6, 6.07) is 7.24. The van der Waals surface area contributed by atoms with Gasteiger partial charge in [0.15, 0.2) is 0 Å². The number of nitrogens with zero attached hydrogens (tertiary/aromatic N) is 2. The minimum Gasteiger partial charge on any atom is -0.744 e. The Kier molecular flexibility index (Phi) is 5.05. The Labute approximate surface area is 139 Å². The van der Waals surface area contributed by atoms with Gasteiger partial charge in [0.2, 0.25) is 0 Å². The van der Waals surface area contributed by atoms with Crippen molar-refractivity contribution >= 4 is 27.2 Å². The van der Waals surface area contributed by atoms with Gasteiger partial charge in [-0.05, 0) is 36.8 Å². The molecule has 0 fully saturated rings. The number of anilines is 1. The minimum atomic E-state index is -4.69. The zero-order valence-electron chi connectivity index (χ0n) is 13.3. The monoisotopic (exact) mass is 350 g/mol. The Morgan fingerprint density at radius 3 is 2.29 bits per heavy atom. The van der Waals surface area contributed by atoms with Gasteiger partial charge in [0.1, 0.15) is 21.6 Å². The quantitative estimate of drug-likeness (QED) is 0.502. The molecule has 0 saturated heterocycles. The van der Waals surface area contributed by atoms with Gasteiger partial charge in [-0.15, -0.1) is 0 Å². The molecule has 0 heterocycles. The molecule has 0 radical (unpaired) electrons. The Hall–Kier alpha value is -2.65. The van der Waals surface area contributed by atoms with Crippen LogP contribution in [0.4, 0.5) is 17.1 Å². The summed E-state index contributed by atoms with van der Waals surface area (Å²) in [4.78, 5) is -0.493. The molecule has 0 spiro atoms. The van der Waals surface area contributed by atoms with E-state index in [1.54, 1.807) is 19.1 Å². The molecule has 0 saturated carbocycles. The molecule has 2 aromatic rings. The zero-order valence-corrected chi connectivity index (χ0v) is 14.1. The molecule has 24 heavy (non-hydrogen) atoms. The molecule has 0 bridgehead atoms. The van der Waals surface area contributed by atoms with Gasteiger partial charge >= 0.3 is 0 Å². The third-order valence-corrected chi connectivity index (χ3v) is 4.10. The van der Waals surface area contributed by atoms with E-state index in [2.05, 4.69) is 10.2 Å². The molecule has 0 amide bonds. The highest BCUT2D eigenvalue weighted by molar-refractivity contribution is 7.85. The molecule has 2 rings (SSSR count). The maximum absolute atomic E-state index is 11.3. The van der Waals surface area contributed by atoms with Crippen LogP contribution in [0.2, 0.25) is 0 Å². The molecule has 2 N–H and O–H groups in total. The fourth-order valence-corrected chi connectivity index (χ4v) is 2.68. The zero-order chi connectivity index (χ0) is 17.9. The Bertz CT molecular complexity index is 894. The average Bonchev–Trinajstić information content (AvgIpc) is 2.53. The smallest absolute Gasteiger partial charge is 0.143 e. The van der Waals surface area contributed by atoms with E-state index in [1.807, 2.05) is 0 Å². The molecule has 8 nitrogen and oxygen atoms in total. The lowest BCUT2D eigenvalue weighted by molar-refractivity contribution is 0.395. The summed E-state index contributed by atoms with van der Waals surface area (Å²) in [5.74, 6) is 0.404. The Morgan fingerprint density at radius 2 is 1.71 bits per heavy atom. The van der Waals surface area contributed by atoms with E-state index >= 15 is 0 Å². The molecule has 0 aliphatic rings. The summed E-state index contributed by atoms with van der Waals surface area (Å²) in [6.07, 6.45) is 0. The van der Waals surface area contributed by atoms with Crippen LogP contribution in [0.15, 0.2) is 45.5 Å². The lowest BCUT2D eigenvalue weighted by Gasteiger charge is -2.12. The first-order chi connectivity index (χ1) is 11.3. The summed E-state index contributed by atoms with van der Waals surface area (Å²) in [5, 5.41) is 8.02. The molecular weight excluding hydrogens is 334 g/mol. The number of nitrogen functional groups attached to an aromatic ring is 1. The summed E-state index contributed by atoms with van der Waals surface area (Å²) < 4.78 is 43.8. The molecule has 128 valence electrons. The van der Waals surface area contributed by atoms with Gasteiger partial charge in [0.25, 0.3) is 0 Å². The van der Waals surface area contributed by atoms with E-state index in [4.69, 9.17) is 15.2 Å². The third-order valence-electron chi connectivity index (χ3n) is 3.24. The number of rotatable bonds is 5. The largest absolute Gasteiger partial charge is 0.744 e. The number of methoxy groups -OCH3 is 2. The Morgan fingerprint density at radius 1 is 1.04 bits per heavy atom. The van der Waals surface area contributed by atoms with Gasteiger partial charge in [-0.2, -0.15) is 10.2 Å². The first-order valence-electron chi connectivity index (χ1n) is 6.76. The molecular formula is C15H16N3O5S-. The average molecular weight is 350 g/mol. The van der Waals surface area contributed by atoms with Gasteiger partial charge < -0.3 is 19.8 Å². The third kappa shape index (κ3) is 3.81. The van der Waals surface area contributed by atoms with E-state index in [0.717, 1.165) is 11.6 Å². The van der Waals surface area contributed by atoms with Crippen LogP contribution in [-0.4, -0.2) is 27.2 Å². The lowest BCUT2D eigenvalue weighted by atomic mass is 10.1. The topological polar surface area (TPSA) is 126 Å². The Balaban J connectivity index is 2.43. The number of benzene rings is 2. The van der Waals surface area contributed by atoms with Crippen LogP contribution >= 0.6 is 0 Å². The molecule has 0 aromatic heterocycles. The first kappa shape index (κ1) is 17.7. The summed E-state index contributed by atoms with van der Waals surface area (Å²) in [6.45, 7) is 1.80. The first-order valence-corrected chi connectivity index (χ1v) is 8.17. The predicted octanol–water partition coefficient (Wildman–Crippen LogP) is 2.91. The van der Waals surface area contributed by atoms with E-state index in [0.29, 0.717) is 17.1 Å². The number of ether oxygens (including phenoxy) is 2.